The second-order valence-electron chi connectivity index (χ2n) is 16.5. The third kappa shape index (κ3) is 7.48. The molecule has 10 rings (SSSR count). The highest BCUT2D eigenvalue weighted by atomic mass is 15.0. The SMILES string of the molecule is C=C/C=C(\CCC=C)c1nc(-c2cccc(-c3cccc(-c4cc(-c5cccc6ccccc56)nc(-c5ccccc5)n4)c3)c2)nc(-c2ccc3c(c2)C(C)(C)c2ccccc2-3)n1. The molecule has 2 aromatic heterocycles. The molecule has 63 heavy (non-hydrogen) atoms. The van der Waals surface area contributed by atoms with E-state index in [-0.39, 0.29) is 5.41 Å². The van der Waals surface area contributed by atoms with Crippen molar-refractivity contribution >= 4 is 16.3 Å². The molecule has 0 fully saturated rings. The lowest BCUT2D eigenvalue weighted by atomic mass is 9.82. The first-order valence-corrected chi connectivity index (χ1v) is 21.5. The van der Waals surface area contributed by atoms with Crippen LogP contribution in [0.1, 0.15) is 43.6 Å². The number of benzene rings is 7. The second kappa shape index (κ2) is 16.5. The quantitative estimate of drug-likeness (QED) is 0.0961. The van der Waals surface area contributed by atoms with E-state index in [9.17, 15) is 0 Å². The van der Waals surface area contributed by atoms with Crippen LogP contribution >= 0.6 is 0 Å². The molecule has 0 unspecified atom stereocenters. The van der Waals surface area contributed by atoms with Crippen LogP contribution in [-0.2, 0) is 5.41 Å². The largest absolute Gasteiger partial charge is 0.228 e. The minimum Gasteiger partial charge on any atom is -0.228 e. The van der Waals surface area contributed by atoms with E-state index in [1.54, 1.807) is 6.08 Å². The van der Waals surface area contributed by atoms with Crippen LogP contribution in [0.3, 0.4) is 0 Å². The maximum Gasteiger partial charge on any atom is 0.164 e. The van der Waals surface area contributed by atoms with Gasteiger partial charge in [0.1, 0.15) is 0 Å². The summed E-state index contributed by atoms with van der Waals surface area (Å²) in [5.41, 5.74) is 14.6. The fourth-order valence-corrected chi connectivity index (χ4v) is 8.88. The molecule has 0 saturated carbocycles. The first-order chi connectivity index (χ1) is 30.9. The van der Waals surface area contributed by atoms with Gasteiger partial charge in [-0.15, -0.1) is 6.58 Å². The van der Waals surface area contributed by atoms with Gasteiger partial charge in [0.15, 0.2) is 23.3 Å². The van der Waals surface area contributed by atoms with E-state index in [1.807, 2.05) is 30.4 Å². The van der Waals surface area contributed by atoms with Gasteiger partial charge in [0.25, 0.3) is 0 Å². The van der Waals surface area contributed by atoms with Gasteiger partial charge in [0.2, 0.25) is 0 Å². The maximum atomic E-state index is 5.21. The van der Waals surface area contributed by atoms with Crippen LogP contribution in [0.5, 0.6) is 0 Å². The molecule has 0 aliphatic heterocycles. The molecule has 5 nitrogen and oxygen atoms in total. The fraction of sp³-hybridized carbons (Fsp3) is 0.0862. The average Bonchev–Trinajstić information content (AvgIpc) is 3.57. The Labute approximate surface area is 369 Å². The molecule has 2 heterocycles. The van der Waals surface area contributed by atoms with E-state index < -0.39 is 0 Å². The summed E-state index contributed by atoms with van der Waals surface area (Å²) in [7, 11) is 0. The number of aromatic nitrogens is 5. The molecule has 0 amide bonds. The van der Waals surface area contributed by atoms with Gasteiger partial charge in [-0.3, -0.25) is 0 Å². The lowest BCUT2D eigenvalue weighted by molar-refractivity contribution is 0.660. The van der Waals surface area contributed by atoms with Crippen LogP contribution in [0.2, 0.25) is 0 Å². The van der Waals surface area contributed by atoms with Crippen molar-refractivity contribution in [3.05, 3.63) is 218 Å². The van der Waals surface area contributed by atoms with E-state index in [0.29, 0.717) is 23.3 Å². The minimum absolute atomic E-state index is 0.159. The molecule has 1 aliphatic carbocycles. The Morgan fingerprint density at radius 3 is 1.86 bits per heavy atom. The summed E-state index contributed by atoms with van der Waals surface area (Å²) in [5.74, 6) is 2.55. The number of nitrogens with zero attached hydrogens (tertiary/aromatic N) is 5. The molecule has 1 aliphatic rings. The van der Waals surface area contributed by atoms with Gasteiger partial charge < -0.3 is 0 Å². The standard InChI is InChI=1S/C58H45N5/c1-5-7-19-39(18-6-2)55-61-56(63-57(62-55)45-32-33-48-47-29-13-14-31-50(47)58(3,4)51(48)36-45)44-27-16-25-42(35-44)41-24-15-26-43(34-41)52-37-53(60-54(59-52)40-21-9-8-10-22-40)49-30-17-23-38-20-11-12-28-46(38)49/h5-6,8-18,20-37H,1-2,7,19H2,3-4H3/b39-18+. The molecular weight excluding hydrogens is 767 g/mol. The van der Waals surface area contributed by atoms with Crippen molar-refractivity contribution in [2.24, 2.45) is 0 Å². The highest BCUT2D eigenvalue weighted by Crippen LogP contribution is 2.49. The van der Waals surface area contributed by atoms with Gasteiger partial charge in [-0.1, -0.05) is 184 Å². The maximum absolute atomic E-state index is 5.21. The molecule has 0 radical (unpaired) electrons. The normalized spacial score (nSPS) is 12.8. The minimum atomic E-state index is -0.159. The Kier molecular flexibility index (Phi) is 10.3. The Bertz CT molecular complexity index is 3250. The molecule has 5 heteroatoms. The van der Waals surface area contributed by atoms with Crippen LogP contribution < -0.4 is 0 Å². The van der Waals surface area contributed by atoms with Gasteiger partial charge in [0, 0.05) is 33.2 Å². The predicted molar refractivity (Wildman–Crippen MR) is 261 cm³/mol. The molecule has 0 bridgehead atoms. The van der Waals surface area contributed by atoms with Gasteiger partial charge in [-0.25, -0.2) is 24.9 Å². The first-order valence-electron chi connectivity index (χ1n) is 21.5. The third-order valence-electron chi connectivity index (χ3n) is 12.1. The molecule has 0 N–H and O–H groups in total. The summed E-state index contributed by atoms with van der Waals surface area (Å²) in [6, 6.07) is 59.5. The van der Waals surface area contributed by atoms with Crippen molar-refractivity contribution in [3.63, 3.8) is 0 Å². The van der Waals surface area contributed by atoms with Crippen molar-refractivity contribution in [2.45, 2.75) is 32.1 Å². The van der Waals surface area contributed by atoms with E-state index in [0.717, 1.165) is 74.1 Å². The summed E-state index contributed by atoms with van der Waals surface area (Å²) < 4.78 is 0. The van der Waals surface area contributed by atoms with E-state index in [1.165, 1.54) is 27.6 Å². The zero-order valence-corrected chi connectivity index (χ0v) is 35.5. The zero-order valence-electron chi connectivity index (χ0n) is 35.5. The van der Waals surface area contributed by atoms with E-state index in [2.05, 4.69) is 179 Å². The number of fused-ring (bicyclic) bond motifs is 4. The molecular formula is C58H45N5. The molecule has 0 atom stereocenters. The monoisotopic (exact) mass is 811 g/mol. The van der Waals surface area contributed by atoms with Gasteiger partial charge in [0.05, 0.1) is 11.4 Å². The van der Waals surface area contributed by atoms with Crippen molar-refractivity contribution in [3.8, 4) is 78.9 Å². The Hall–Kier alpha value is -7.89. The van der Waals surface area contributed by atoms with Crippen molar-refractivity contribution in [2.75, 3.05) is 0 Å². The average molecular weight is 812 g/mol. The number of allylic oxidation sites excluding steroid dienone is 4. The molecule has 9 aromatic rings. The topological polar surface area (TPSA) is 64.5 Å². The van der Waals surface area contributed by atoms with Crippen molar-refractivity contribution < 1.29 is 0 Å². The first kappa shape index (κ1) is 39.3. The number of hydrogen-bond donors (Lipinski definition) is 0. The second-order valence-corrected chi connectivity index (χ2v) is 16.5. The van der Waals surface area contributed by atoms with Gasteiger partial charge in [-0.05, 0) is 86.8 Å². The van der Waals surface area contributed by atoms with Crippen LogP contribution in [0.25, 0.3) is 95.3 Å². The Balaban J connectivity index is 1.07. The molecule has 7 aromatic carbocycles. The van der Waals surface area contributed by atoms with Gasteiger partial charge >= 0.3 is 0 Å². The Morgan fingerprint density at radius 2 is 1.06 bits per heavy atom. The third-order valence-corrected chi connectivity index (χ3v) is 12.1. The number of hydrogen-bond acceptors (Lipinski definition) is 5. The van der Waals surface area contributed by atoms with E-state index >= 15 is 0 Å². The molecule has 0 saturated heterocycles. The van der Waals surface area contributed by atoms with E-state index in [4.69, 9.17) is 24.9 Å². The molecule has 302 valence electrons. The summed E-state index contributed by atoms with van der Waals surface area (Å²) in [5, 5.41) is 2.32. The fourth-order valence-electron chi connectivity index (χ4n) is 8.88. The van der Waals surface area contributed by atoms with Gasteiger partial charge in [-0.2, -0.15) is 0 Å². The number of rotatable bonds is 11. The van der Waals surface area contributed by atoms with Crippen LogP contribution in [0.15, 0.2) is 201 Å². The lowest BCUT2D eigenvalue weighted by Crippen LogP contribution is -2.15. The van der Waals surface area contributed by atoms with Crippen LogP contribution in [0.4, 0.5) is 0 Å². The predicted octanol–water partition coefficient (Wildman–Crippen LogP) is 14.7. The summed E-state index contributed by atoms with van der Waals surface area (Å²) >= 11 is 0. The highest BCUT2D eigenvalue weighted by Gasteiger charge is 2.35. The zero-order chi connectivity index (χ0) is 42.9. The highest BCUT2D eigenvalue weighted by molar-refractivity contribution is 5.96. The summed E-state index contributed by atoms with van der Waals surface area (Å²) in [4.78, 5) is 25.8. The summed E-state index contributed by atoms with van der Waals surface area (Å²) in [6.07, 6.45) is 7.24. The van der Waals surface area contributed by atoms with Crippen molar-refractivity contribution in [1.82, 2.24) is 24.9 Å². The van der Waals surface area contributed by atoms with Crippen molar-refractivity contribution in [1.29, 1.82) is 0 Å². The smallest absolute Gasteiger partial charge is 0.164 e. The van der Waals surface area contributed by atoms with Crippen LogP contribution in [0, 0.1) is 0 Å². The molecule has 0 spiro atoms. The summed E-state index contributed by atoms with van der Waals surface area (Å²) in [6.45, 7) is 12.6. The lowest BCUT2D eigenvalue weighted by Gasteiger charge is -2.21. The van der Waals surface area contributed by atoms with Crippen LogP contribution in [-0.4, -0.2) is 24.9 Å². The Morgan fingerprint density at radius 1 is 0.476 bits per heavy atom.